The van der Waals surface area contributed by atoms with E-state index in [0.29, 0.717) is 11.1 Å². The van der Waals surface area contributed by atoms with Crippen LogP contribution >= 0.6 is 0 Å². The molecule has 3 aromatic rings. The van der Waals surface area contributed by atoms with Crippen molar-refractivity contribution in [1.29, 1.82) is 0 Å². The van der Waals surface area contributed by atoms with Crippen molar-refractivity contribution < 1.29 is 13.6 Å². The summed E-state index contributed by atoms with van der Waals surface area (Å²) in [6.45, 7) is 0. The van der Waals surface area contributed by atoms with Crippen molar-refractivity contribution in [2.75, 3.05) is 0 Å². The van der Waals surface area contributed by atoms with E-state index < -0.39 is 11.7 Å². The summed E-state index contributed by atoms with van der Waals surface area (Å²) in [7, 11) is 0. The molecule has 0 atom stereocenters. The summed E-state index contributed by atoms with van der Waals surface area (Å²) in [5.74, 6) is -1.66. The number of carbonyl (C=O) groups excluding carboxylic acids is 1. The molecule has 22 heavy (non-hydrogen) atoms. The number of halogens is 2. The predicted octanol–water partition coefficient (Wildman–Crippen LogP) is 3.11. The van der Waals surface area contributed by atoms with E-state index >= 15 is 0 Å². The van der Waals surface area contributed by atoms with Crippen molar-refractivity contribution in [2.45, 2.75) is 0 Å². The van der Waals surface area contributed by atoms with Crippen LogP contribution in [-0.4, -0.2) is 16.1 Å². The van der Waals surface area contributed by atoms with Crippen LogP contribution in [0.2, 0.25) is 0 Å². The van der Waals surface area contributed by atoms with Gasteiger partial charge < -0.3 is 5.73 Å². The van der Waals surface area contributed by atoms with Gasteiger partial charge in [0, 0.05) is 10.9 Å². The molecule has 0 aliphatic carbocycles. The number of aromatic nitrogens is 2. The van der Waals surface area contributed by atoms with Crippen LogP contribution in [0.25, 0.3) is 23.1 Å². The average Bonchev–Trinajstić information content (AvgIpc) is 2.90. The number of hydrogen-bond acceptors (Lipinski definition) is 2. The molecule has 0 saturated carbocycles. The Labute approximate surface area is 124 Å². The quantitative estimate of drug-likeness (QED) is 0.780. The van der Waals surface area contributed by atoms with Crippen molar-refractivity contribution in [3.8, 4) is 0 Å². The largest absolute Gasteiger partial charge is 0.366 e. The standard InChI is InChI=1S/C16H11F2N3O/c17-11-4-1-9(2-5-11)3-6-14-12-7-10(16(19)22)8-13(18)15(12)21-20-14/h1-8H,(H2,19,22)(H,20,21)/b6-3+. The summed E-state index contributed by atoms with van der Waals surface area (Å²) in [5, 5.41) is 7.03. The Morgan fingerprint density at radius 2 is 1.86 bits per heavy atom. The molecule has 1 aromatic heterocycles. The molecule has 0 spiro atoms. The molecule has 3 N–H and O–H groups in total. The SMILES string of the molecule is NC(=O)c1cc(F)c2n[nH]c(/C=C/c3ccc(F)cc3)c2c1. The first kappa shape index (κ1) is 13.9. The Morgan fingerprint density at radius 3 is 2.55 bits per heavy atom. The number of hydrogen-bond donors (Lipinski definition) is 2. The van der Waals surface area contributed by atoms with Gasteiger partial charge in [0.1, 0.15) is 11.3 Å². The number of nitrogens with zero attached hydrogens (tertiary/aromatic N) is 1. The molecule has 0 unspecified atom stereocenters. The molecule has 110 valence electrons. The Morgan fingerprint density at radius 1 is 1.14 bits per heavy atom. The van der Waals surface area contributed by atoms with Crippen LogP contribution in [0.1, 0.15) is 21.6 Å². The molecule has 0 fully saturated rings. The van der Waals surface area contributed by atoms with Crippen LogP contribution in [0.4, 0.5) is 8.78 Å². The van der Waals surface area contributed by atoms with E-state index in [2.05, 4.69) is 10.2 Å². The van der Waals surface area contributed by atoms with E-state index in [-0.39, 0.29) is 16.9 Å². The van der Waals surface area contributed by atoms with Crippen molar-refractivity contribution >= 4 is 29.0 Å². The van der Waals surface area contributed by atoms with Gasteiger partial charge in [-0.15, -0.1) is 0 Å². The van der Waals surface area contributed by atoms with Crippen LogP contribution in [0, 0.1) is 11.6 Å². The third-order valence-electron chi connectivity index (χ3n) is 3.24. The predicted molar refractivity (Wildman–Crippen MR) is 79.9 cm³/mol. The molecule has 0 radical (unpaired) electrons. The second-order valence-electron chi connectivity index (χ2n) is 4.74. The van der Waals surface area contributed by atoms with E-state index in [0.717, 1.165) is 11.6 Å². The van der Waals surface area contributed by atoms with Gasteiger partial charge in [0.25, 0.3) is 0 Å². The summed E-state index contributed by atoms with van der Waals surface area (Å²) in [6.07, 6.45) is 3.40. The molecule has 2 aromatic carbocycles. The minimum Gasteiger partial charge on any atom is -0.366 e. The second-order valence-corrected chi connectivity index (χ2v) is 4.74. The summed E-state index contributed by atoms with van der Waals surface area (Å²) >= 11 is 0. The molecule has 6 heteroatoms. The maximum absolute atomic E-state index is 13.9. The molecule has 4 nitrogen and oxygen atoms in total. The summed E-state index contributed by atoms with van der Waals surface area (Å²) < 4.78 is 26.7. The number of nitrogens with two attached hydrogens (primary N) is 1. The van der Waals surface area contributed by atoms with Crippen molar-refractivity contribution in [3.05, 3.63) is 64.9 Å². The van der Waals surface area contributed by atoms with Gasteiger partial charge >= 0.3 is 0 Å². The smallest absolute Gasteiger partial charge is 0.248 e. The topological polar surface area (TPSA) is 71.8 Å². The van der Waals surface area contributed by atoms with Gasteiger partial charge in [-0.1, -0.05) is 18.2 Å². The lowest BCUT2D eigenvalue weighted by molar-refractivity contribution is 0.1000. The fourth-order valence-corrected chi connectivity index (χ4v) is 2.12. The highest BCUT2D eigenvalue weighted by Gasteiger charge is 2.12. The number of fused-ring (bicyclic) bond motifs is 1. The van der Waals surface area contributed by atoms with E-state index in [1.54, 1.807) is 24.3 Å². The van der Waals surface area contributed by atoms with Crippen LogP contribution in [0.15, 0.2) is 36.4 Å². The Bertz CT molecular complexity index is 882. The number of carbonyl (C=O) groups is 1. The fraction of sp³-hybridized carbons (Fsp3) is 0. The molecule has 0 aliphatic heterocycles. The van der Waals surface area contributed by atoms with E-state index in [1.807, 2.05) is 0 Å². The van der Waals surface area contributed by atoms with Gasteiger partial charge in [-0.25, -0.2) is 8.78 Å². The first-order valence-corrected chi connectivity index (χ1v) is 6.45. The third-order valence-corrected chi connectivity index (χ3v) is 3.24. The maximum Gasteiger partial charge on any atom is 0.248 e. The highest BCUT2D eigenvalue weighted by atomic mass is 19.1. The van der Waals surface area contributed by atoms with E-state index in [9.17, 15) is 13.6 Å². The fourth-order valence-electron chi connectivity index (χ4n) is 2.12. The average molecular weight is 299 g/mol. The highest BCUT2D eigenvalue weighted by Crippen LogP contribution is 2.22. The molecule has 3 rings (SSSR count). The summed E-state index contributed by atoms with van der Waals surface area (Å²) in [4.78, 5) is 11.2. The van der Waals surface area contributed by atoms with Crippen LogP contribution in [-0.2, 0) is 0 Å². The molecule has 0 aliphatic rings. The number of H-pyrrole nitrogens is 1. The molecule has 0 saturated heterocycles. The molecule has 1 heterocycles. The monoisotopic (exact) mass is 299 g/mol. The van der Waals surface area contributed by atoms with Crippen molar-refractivity contribution in [3.63, 3.8) is 0 Å². The van der Waals surface area contributed by atoms with Crippen molar-refractivity contribution in [1.82, 2.24) is 10.2 Å². The number of primary amides is 1. The highest BCUT2D eigenvalue weighted by molar-refractivity contribution is 5.99. The third kappa shape index (κ3) is 2.58. The summed E-state index contributed by atoms with van der Waals surface area (Å²) in [6, 6.07) is 8.44. The first-order valence-electron chi connectivity index (χ1n) is 6.45. The lowest BCUT2D eigenvalue weighted by Crippen LogP contribution is -2.11. The van der Waals surface area contributed by atoms with Crippen LogP contribution in [0.5, 0.6) is 0 Å². The zero-order chi connectivity index (χ0) is 15.7. The van der Waals surface area contributed by atoms with Crippen LogP contribution < -0.4 is 5.73 Å². The molecule has 0 bridgehead atoms. The zero-order valence-corrected chi connectivity index (χ0v) is 11.3. The Balaban J connectivity index is 2.03. The second kappa shape index (κ2) is 5.40. The number of amides is 1. The lowest BCUT2D eigenvalue weighted by atomic mass is 10.1. The number of benzene rings is 2. The van der Waals surface area contributed by atoms with Gasteiger partial charge in [0.15, 0.2) is 5.82 Å². The summed E-state index contributed by atoms with van der Waals surface area (Å²) in [5.41, 5.74) is 6.69. The lowest BCUT2D eigenvalue weighted by Gasteiger charge is -1.98. The Kier molecular flexibility index (Phi) is 3.42. The first-order chi connectivity index (χ1) is 10.5. The minimum absolute atomic E-state index is 0.0721. The normalized spacial score (nSPS) is 11.4. The Hall–Kier alpha value is -3.02. The van der Waals surface area contributed by atoms with Gasteiger partial charge in [-0.2, -0.15) is 5.10 Å². The van der Waals surface area contributed by atoms with Gasteiger partial charge in [-0.05, 0) is 35.9 Å². The van der Waals surface area contributed by atoms with Gasteiger partial charge in [0.2, 0.25) is 5.91 Å². The van der Waals surface area contributed by atoms with E-state index in [1.165, 1.54) is 18.2 Å². The van der Waals surface area contributed by atoms with Crippen molar-refractivity contribution in [2.24, 2.45) is 5.73 Å². The molecular formula is C16H11F2N3O. The van der Waals surface area contributed by atoms with E-state index in [4.69, 9.17) is 5.73 Å². The molecule has 1 amide bonds. The maximum atomic E-state index is 13.9. The number of nitrogens with one attached hydrogen (secondary N) is 1. The van der Waals surface area contributed by atoms with Gasteiger partial charge in [0.05, 0.1) is 5.69 Å². The zero-order valence-electron chi connectivity index (χ0n) is 11.3. The number of aromatic amines is 1. The molecular weight excluding hydrogens is 288 g/mol. The van der Waals surface area contributed by atoms with Gasteiger partial charge in [-0.3, -0.25) is 9.89 Å². The number of rotatable bonds is 3. The van der Waals surface area contributed by atoms with Crippen LogP contribution in [0.3, 0.4) is 0 Å². The minimum atomic E-state index is -0.713.